The second-order valence-electron chi connectivity index (χ2n) is 3.11. The molecule has 0 radical (unpaired) electrons. The van der Waals surface area contributed by atoms with Crippen molar-refractivity contribution < 1.29 is 4.74 Å². The molecule has 0 unspecified atom stereocenters. The topological polar surface area (TPSA) is 31.2 Å². The van der Waals surface area contributed by atoms with E-state index in [0.29, 0.717) is 5.75 Å². The van der Waals surface area contributed by atoms with Gasteiger partial charge in [-0.25, -0.2) is 0 Å². The number of hydrogen-bond acceptors (Lipinski definition) is 2. The molecule has 0 aliphatic carbocycles. The second-order valence-corrected chi connectivity index (χ2v) is 3.11. The number of benzene rings is 1. The molecule has 0 saturated heterocycles. The van der Waals surface area contributed by atoms with Crippen LogP contribution in [0.15, 0.2) is 53.5 Å². The van der Waals surface area contributed by atoms with Gasteiger partial charge in [-0.3, -0.25) is 9.36 Å². The van der Waals surface area contributed by atoms with Crippen LogP contribution in [0, 0.1) is 0 Å². The first-order chi connectivity index (χ1) is 7.31. The lowest BCUT2D eigenvalue weighted by molar-refractivity contribution is 0.411. The van der Waals surface area contributed by atoms with Crippen LogP contribution < -0.4 is 10.3 Å². The third kappa shape index (κ3) is 1.91. The third-order valence-corrected chi connectivity index (χ3v) is 2.15. The van der Waals surface area contributed by atoms with Gasteiger partial charge in [0, 0.05) is 11.8 Å². The van der Waals surface area contributed by atoms with Crippen molar-refractivity contribution in [1.29, 1.82) is 0 Å². The molecular formula is C12H11NO2. The van der Waals surface area contributed by atoms with Crippen molar-refractivity contribution >= 4 is 0 Å². The highest BCUT2D eigenvalue weighted by Gasteiger charge is 1.99. The van der Waals surface area contributed by atoms with Gasteiger partial charge in [0.2, 0.25) is 0 Å². The number of aromatic nitrogens is 1. The van der Waals surface area contributed by atoms with E-state index in [1.165, 1.54) is 6.07 Å². The second kappa shape index (κ2) is 4.00. The van der Waals surface area contributed by atoms with Crippen molar-refractivity contribution in [3.8, 4) is 11.4 Å². The first kappa shape index (κ1) is 9.52. The molecule has 15 heavy (non-hydrogen) atoms. The van der Waals surface area contributed by atoms with Crippen LogP contribution in [-0.2, 0) is 0 Å². The minimum atomic E-state index is -0.0676. The minimum Gasteiger partial charge on any atom is -0.495 e. The highest BCUT2D eigenvalue weighted by Crippen LogP contribution is 2.10. The highest BCUT2D eigenvalue weighted by atomic mass is 16.5. The Morgan fingerprint density at radius 2 is 1.80 bits per heavy atom. The molecule has 0 aliphatic rings. The van der Waals surface area contributed by atoms with Gasteiger partial charge in [-0.05, 0) is 18.2 Å². The van der Waals surface area contributed by atoms with Crippen molar-refractivity contribution in [3.05, 3.63) is 59.0 Å². The Hall–Kier alpha value is -2.03. The van der Waals surface area contributed by atoms with Gasteiger partial charge in [-0.1, -0.05) is 18.2 Å². The Bertz CT molecular complexity index is 503. The van der Waals surface area contributed by atoms with Crippen molar-refractivity contribution in [2.75, 3.05) is 7.11 Å². The summed E-state index contributed by atoms with van der Waals surface area (Å²) in [6.07, 6.45) is 1.68. The van der Waals surface area contributed by atoms with Crippen LogP contribution in [0.3, 0.4) is 0 Å². The van der Waals surface area contributed by atoms with Crippen LogP contribution in [0.1, 0.15) is 0 Å². The van der Waals surface area contributed by atoms with Crippen LogP contribution in [-0.4, -0.2) is 11.7 Å². The van der Waals surface area contributed by atoms with E-state index in [4.69, 9.17) is 4.74 Å². The Labute approximate surface area is 87.6 Å². The number of hydrogen-bond donors (Lipinski definition) is 0. The Kier molecular flexibility index (Phi) is 2.54. The summed E-state index contributed by atoms with van der Waals surface area (Å²) in [5.41, 5.74) is 0.767. The lowest BCUT2D eigenvalue weighted by Crippen LogP contribution is -2.16. The molecule has 2 rings (SSSR count). The molecule has 0 N–H and O–H groups in total. The van der Waals surface area contributed by atoms with E-state index >= 15 is 0 Å². The molecule has 2 aromatic rings. The molecule has 0 spiro atoms. The van der Waals surface area contributed by atoms with Gasteiger partial charge < -0.3 is 4.74 Å². The molecule has 1 aromatic carbocycles. The van der Waals surface area contributed by atoms with E-state index in [9.17, 15) is 4.79 Å². The van der Waals surface area contributed by atoms with E-state index < -0.39 is 0 Å². The lowest BCUT2D eigenvalue weighted by Gasteiger charge is -2.06. The summed E-state index contributed by atoms with van der Waals surface area (Å²) >= 11 is 0. The summed E-state index contributed by atoms with van der Waals surface area (Å²) in [7, 11) is 1.58. The molecule has 0 saturated carbocycles. The summed E-state index contributed by atoms with van der Waals surface area (Å²) in [6.45, 7) is 0. The molecule has 1 aromatic heterocycles. The maximum atomic E-state index is 11.6. The zero-order valence-electron chi connectivity index (χ0n) is 8.38. The van der Waals surface area contributed by atoms with Crippen LogP contribution in [0.5, 0.6) is 5.75 Å². The monoisotopic (exact) mass is 201 g/mol. The Morgan fingerprint density at radius 1 is 1.07 bits per heavy atom. The van der Waals surface area contributed by atoms with Crippen LogP contribution >= 0.6 is 0 Å². The lowest BCUT2D eigenvalue weighted by atomic mass is 10.3. The van der Waals surface area contributed by atoms with Gasteiger partial charge in [0.05, 0.1) is 13.3 Å². The van der Waals surface area contributed by atoms with E-state index in [1.807, 2.05) is 30.3 Å². The van der Waals surface area contributed by atoms with E-state index in [0.717, 1.165) is 5.69 Å². The van der Waals surface area contributed by atoms with Crippen molar-refractivity contribution in [2.45, 2.75) is 0 Å². The normalized spacial score (nSPS) is 9.93. The Balaban J connectivity index is 2.57. The predicted molar refractivity (Wildman–Crippen MR) is 58.6 cm³/mol. The molecular weight excluding hydrogens is 190 g/mol. The first-order valence-electron chi connectivity index (χ1n) is 4.63. The fourth-order valence-corrected chi connectivity index (χ4v) is 1.38. The number of ether oxygens (including phenoxy) is 1. The molecule has 0 amide bonds. The predicted octanol–water partition coefficient (Wildman–Crippen LogP) is 1.85. The summed E-state index contributed by atoms with van der Waals surface area (Å²) in [5, 5.41) is 0. The standard InChI is InChI=1S/C12H11NO2/c1-15-11-7-8-12(14)13(9-11)10-5-3-2-4-6-10/h2-9H,1H3. The molecule has 3 heteroatoms. The van der Waals surface area contributed by atoms with Crippen LogP contribution in [0.25, 0.3) is 5.69 Å². The molecule has 1 heterocycles. The number of pyridine rings is 1. The molecule has 76 valence electrons. The number of methoxy groups -OCH3 is 1. The van der Waals surface area contributed by atoms with E-state index in [-0.39, 0.29) is 5.56 Å². The summed E-state index contributed by atoms with van der Waals surface area (Å²) in [5.74, 6) is 0.665. The first-order valence-corrected chi connectivity index (χ1v) is 4.63. The molecule has 0 aliphatic heterocycles. The largest absolute Gasteiger partial charge is 0.495 e. The van der Waals surface area contributed by atoms with E-state index in [1.54, 1.807) is 23.9 Å². The fraction of sp³-hybridized carbons (Fsp3) is 0.0833. The maximum Gasteiger partial charge on any atom is 0.255 e. The van der Waals surface area contributed by atoms with E-state index in [2.05, 4.69) is 0 Å². The average Bonchev–Trinajstić information content (AvgIpc) is 2.31. The SMILES string of the molecule is COc1ccc(=O)n(-c2ccccc2)c1. The molecule has 0 bridgehead atoms. The fourth-order valence-electron chi connectivity index (χ4n) is 1.38. The van der Waals surface area contributed by atoms with Gasteiger partial charge in [-0.15, -0.1) is 0 Å². The molecule has 0 fully saturated rings. The Morgan fingerprint density at radius 3 is 2.47 bits per heavy atom. The van der Waals surface area contributed by atoms with Gasteiger partial charge in [0.25, 0.3) is 5.56 Å². The third-order valence-electron chi connectivity index (χ3n) is 2.15. The van der Waals surface area contributed by atoms with Crippen molar-refractivity contribution in [3.63, 3.8) is 0 Å². The quantitative estimate of drug-likeness (QED) is 0.742. The van der Waals surface area contributed by atoms with Crippen LogP contribution in [0.2, 0.25) is 0 Å². The molecule has 3 nitrogen and oxygen atoms in total. The summed E-state index contributed by atoms with van der Waals surface area (Å²) in [4.78, 5) is 11.6. The summed E-state index contributed by atoms with van der Waals surface area (Å²) in [6, 6.07) is 12.6. The average molecular weight is 201 g/mol. The smallest absolute Gasteiger partial charge is 0.255 e. The zero-order chi connectivity index (χ0) is 10.7. The summed E-state index contributed by atoms with van der Waals surface area (Å²) < 4.78 is 6.63. The van der Waals surface area contributed by atoms with Crippen molar-refractivity contribution in [1.82, 2.24) is 4.57 Å². The number of rotatable bonds is 2. The number of para-hydroxylation sites is 1. The van der Waals surface area contributed by atoms with Crippen molar-refractivity contribution in [2.24, 2.45) is 0 Å². The van der Waals surface area contributed by atoms with Gasteiger partial charge >= 0.3 is 0 Å². The number of nitrogens with zero attached hydrogens (tertiary/aromatic N) is 1. The van der Waals surface area contributed by atoms with Gasteiger partial charge in [-0.2, -0.15) is 0 Å². The van der Waals surface area contributed by atoms with Gasteiger partial charge in [0.1, 0.15) is 5.75 Å². The zero-order valence-corrected chi connectivity index (χ0v) is 8.38. The molecule has 0 atom stereocenters. The highest BCUT2D eigenvalue weighted by molar-refractivity contribution is 5.33. The minimum absolute atomic E-state index is 0.0676. The maximum absolute atomic E-state index is 11.6. The van der Waals surface area contributed by atoms with Gasteiger partial charge in [0.15, 0.2) is 0 Å². The van der Waals surface area contributed by atoms with Crippen LogP contribution in [0.4, 0.5) is 0 Å².